The molecule has 2 heterocycles. The molecule has 0 unspecified atom stereocenters. The number of anilines is 6. The van der Waals surface area contributed by atoms with Crippen molar-refractivity contribution in [3.05, 3.63) is 180 Å². The van der Waals surface area contributed by atoms with Crippen LogP contribution in [0.1, 0.15) is 30.5 Å². The molecule has 9 rings (SSSR count). The van der Waals surface area contributed by atoms with Gasteiger partial charge in [0.1, 0.15) is 0 Å². The number of ether oxygens (including phenoxy) is 1. The van der Waals surface area contributed by atoms with Gasteiger partial charge >= 0.3 is 0 Å². The largest absolute Gasteiger partial charge is 0.453 e. The maximum absolute atomic E-state index is 6.54. The maximum atomic E-state index is 6.54. The summed E-state index contributed by atoms with van der Waals surface area (Å²) in [5.74, 6) is 1.79. The SMILES string of the molecule is Cc1cccc2c1N1c3cc(-c4cccc(N(c5ccccc5)c5ccc(-c6ccccc6)cc5)c4)ccc3C(C)(C)c3cccc(c31)O2. The van der Waals surface area contributed by atoms with Gasteiger partial charge in [0.15, 0.2) is 11.5 Å². The molecular weight excluding hydrogens is 597 g/mol. The predicted molar refractivity (Wildman–Crippen MR) is 204 cm³/mol. The summed E-state index contributed by atoms with van der Waals surface area (Å²) < 4.78 is 6.54. The summed E-state index contributed by atoms with van der Waals surface area (Å²) in [6.07, 6.45) is 0. The zero-order chi connectivity index (χ0) is 33.1. The lowest BCUT2D eigenvalue weighted by molar-refractivity contribution is 0.471. The molecule has 2 aliphatic heterocycles. The molecule has 236 valence electrons. The first-order valence-electron chi connectivity index (χ1n) is 16.9. The van der Waals surface area contributed by atoms with Crippen LogP contribution in [-0.2, 0) is 5.41 Å². The van der Waals surface area contributed by atoms with E-state index in [9.17, 15) is 0 Å². The highest BCUT2D eigenvalue weighted by Crippen LogP contribution is 2.60. The van der Waals surface area contributed by atoms with Crippen LogP contribution in [0.15, 0.2) is 164 Å². The van der Waals surface area contributed by atoms with E-state index in [2.05, 4.69) is 194 Å². The van der Waals surface area contributed by atoms with Gasteiger partial charge in [-0.05, 0) is 100 Å². The van der Waals surface area contributed by atoms with Gasteiger partial charge in [0.05, 0.1) is 17.1 Å². The first-order chi connectivity index (χ1) is 24.0. The van der Waals surface area contributed by atoms with Crippen LogP contribution in [0.3, 0.4) is 0 Å². The monoisotopic (exact) mass is 632 g/mol. The molecule has 0 amide bonds. The van der Waals surface area contributed by atoms with Crippen LogP contribution >= 0.6 is 0 Å². The molecule has 0 aromatic heterocycles. The summed E-state index contributed by atoms with van der Waals surface area (Å²) in [6, 6.07) is 58.7. The Labute approximate surface area is 288 Å². The fourth-order valence-corrected chi connectivity index (χ4v) is 7.66. The Kier molecular flexibility index (Phi) is 6.70. The Bertz CT molecular complexity index is 2340. The Morgan fingerprint density at radius 2 is 1.04 bits per heavy atom. The molecule has 0 spiro atoms. The third-order valence-corrected chi connectivity index (χ3v) is 10.1. The molecule has 0 bridgehead atoms. The zero-order valence-electron chi connectivity index (χ0n) is 27.9. The first kappa shape index (κ1) is 29.1. The highest BCUT2D eigenvalue weighted by Gasteiger charge is 2.42. The van der Waals surface area contributed by atoms with Crippen molar-refractivity contribution < 1.29 is 4.74 Å². The number of benzene rings is 7. The third-order valence-electron chi connectivity index (χ3n) is 10.1. The molecule has 0 radical (unpaired) electrons. The summed E-state index contributed by atoms with van der Waals surface area (Å²) in [6.45, 7) is 6.83. The van der Waals surface area contributed by atoms with Crippen LogP contribution in [0.2, 0.25) is 0 Å². The molecule has 3 heteroatoms. The highest BCUT2D eigenvalue weighted by atomic mass is 16.5. The van der Waals surface area contributed by atoms with E-state index in [1.165, 1.54) is 39.1 Å². The summed E-state index contributed by atoms with van der Waals surface area (Å²) in [4.78, 5) is 4.78. The van der Waals surface area contributed by atoms with Crippen LogP contribution in [0.5, 0.6) is 11.5 Å². The van der Waals surface area contributed by atoms with Crippen molar-refractivity contribution in [2.75, 3.05) is 9.80 Å². The van der Waals surface area contributed by atoms with Gasteiger partial charge < -0.3 is 14.5 Å². The number of hydrogen-bond acceptors (Lipinski definition) is 3. The average molecular weight is 633 g/mol. The van der Waals surface area contributed by atoms with Crippen molar-refractivity contribution in [2.24, 2.45) is 0 Å². The lowest BCUT2D eigenvalue weighted by Crippen LogP contribution is -2.32. The van der Waals surface area contributed by atoms with Crippen LogP contribution in [0.4, 0.5) is 34.1 Å². The van der Waals surface area contributed by atoms with E-state index in [1.807, 2.05) is 0 Å². The molecule has 0 fully saturated rings. The Morgan fingerprint density at radius 3 is 1.82 bits per heavy atom. The predicted octanol–water partition coefficient (Wildman–Crippen LogP) is 13.0. The van der Waals surface area contributed by atoms with Crippen molar-refractivity contribution in [1.82, 2.24) is 0 Å². The van der Waals surface area contributed by atoms with Crippen LogP contribution in [0.25, 0.3) is 22.3 Å². The van der Waals surface area contributed by atoms with Gasteiger partial charge in [-0.15, -0.1) is 0 Å². The number of hydrogen-bond donors (Lipinski definition) is 0. The number of fused-ring (bicyclic) bond motifs is 4. The van der Waals surface area contributed by atoms with Gasteiger partial charge in [-0.2, -0.15) is 0 Å². The normalized spacial score (nSPS) is 13.5. The van der Waals surface area contributed by atoms with Gasteiger partial charge in [-0.3, -0.25) is 0 Å². The maximum Gasteiger partial charge on any atom is 0.151 e. The summed E-state index contributed by atoms with van der Waals surface area (Å²) in [7, 11) is 0. The molecule has 0 N–H and O–H groups in total. The van der Waals surface area contributed by atoms with E-state index < -0.39 is 0 Å². The van der Waals surface area contributed by atoms with Crippen LogP contribution in [-0.4, -0.2) is 0 Å². The van der Waals surface area contributed by atoms with E-state index in [1.54, 1.807) is 0 Å². The lowest BCUT2D eigenvalue weighted by Gasteiger charge is -2.45. The average Bonchev–Trinajstić information content (AvgIpc) is 3.14. The lowest BCUT2D eigenvalue weighted by atomic mass is 9.72. The molecular formula is C46H36N2O. The van der Waals surface area contributed by atoms with Gasteiger partial charge in [0.25, 0.3) is 0 Å². The molecule has 7 aromatic carbocycles. The topological polar surface area (TPSA) is 15.7 Å². The highest BCUT2D eigenvalue weighted by molar-refractivity contribution is 5.95. The van der Waals surface area contributed by atoms with E-state index in [0.717, 1.165) is 45.5 Å². The van der Waals surface area contributed by atoms with Crippen molar-refractivity contribution in [3.63, 3.8) is 0 Å². The minimum absolute atomic E-state index is 0.197. The number of para-hydroxylation sites is 3. The fourth-order valence-electron chi connectivity index (χ4n) is 7.66. The summed E-state index contributed by atoms with van der Waals surface area (Å²) in [5.41, 5.74) is 15.1. The van der Waals surface area contributed by atoms with Gasteiger partial charge in [-0.1, -0.05) is 123 Å². The quantitative estimate of drug-likeness (QED) is 0.188. The fraction of sp³-hybridized carbons (Fsp3) is 0.0870. The van der Waals surface area contributed by atoms with Crippen molar-refractivity contribution in [1.29, 1.82) is 0 Å². The minimum Gasteiger partial charge on any atom is -0.453 e. The second-order valence-corrected chi connectivity index (χ2v) is 13.5. The standard InChI is InChI=1S/C46H36N2O/c1-31-13-10-21-42-44(31)48-41-30-35(25-28-39(41)46(2,3)40-20-12-22-43(49-42)45(40)48)34-16-11-19-38(29-34)47(36-17-8-5-9-18-36)37-26-23-33(24-27-37)32-14-6-4-7-15-32/h4-30H,1-3H3. The summed E-state index contributed by atoms with van der Waals surface area (Å²) >= 11 is 0. The Hall–Kier alpha value is -6.06. The first-order valence-corrected chi connectivity index (χ1v) is 16.9. The molecule has 3 nitrogen and oxygen atoms in total. The summed E-state index contributed by atoms with van der Waals surface area (Å²) in [5, 5.41) is 0. The molecule has 0 saturated heterocycles. The van der Waals surface area contributed by atoms with Gasteiger partial charge in [-0.25, -0.2) is 0 Å². The third kappa shape index (κ3) is 4.73. The van der Waals surface area contributed by atoms with Crippen molar-refractivity contribution in [3.8, 4) is 33.8 Å². The Balaban J connectivity index is 1.17. The van der Waals surface area contributed by atoms with Crippen LogP contribution in [0, 0.1) is 6.92 Å². The minimum atomic E-state index is -0.197. The molecule has 0 aliphatic carbocycles. The Morgan fingerprint density at radius 1 is 0.469 bits per heavy atom. The number of aryl methyl sites for hydroxylation is 1. The van der Waals surface area contributed by atoms with E-state index in [-0.39, 0.29) is 5.41 Å². The second-order valence-electron chi connectivity index (χ2n) is 13.5. The van der Waals surface area contributed by atoms with Gasteiger partial charge in [0.2, 0.25) is 0 Å². The smallest absolute Gasteiger partial charge is 0.151 e. The number of nitrogens with zero attached hydrogens (tertiary/aromatic N) is 2. The van der Waals surface area contributed by atoms with Crippen molar-refractivity contribution >= 4 is 34.1 Å². The van der Waals surface area contributed by atoms with E-state index >= 15 is 0 Å². The molecule has 7 aromatic rings. The van der Waals surface area contributed by atoms with Gasteiger partial charge in [0, 0.05) is 22.5 Å². The second kappa shape index (κ2) is 11.3. The van der Waals surface area contributed by atoms with E-state index in [0.29, 0.717) is 0 Å². The molecule has 0 saturated carbocycles. The van der Waals surface area contributed by atoms with E-state index in [4.69, 9.17) is 4.74 Å². The molecule has 49 heavy (non-hydrogen) atoms. The van der Waals surface area contributed by atoms with Crippen molar-refractivity contribution in [2.45, 2.75) is 26.2 Å². The zero-order valence-corrected chi connectivity index (χ0v) is 27.9. The molecule has 0 atom stereocenters. The van der Waals surface area contributed by atoms with Crippen LogP contribution < -0.4 is 14.5 Å². The molecule has 2 aliphatic rings. The number of rotatable bonds is 5.